The van der Waals surface area contributed by atoms with Crippen molar-refractivity contribution in [2.45, 2.75) is 12.8 Å². The molecule has 2 aromatic carbocycles. The summed E-state index contributed by atoms with van der Waals surface area (Å²) in [6.07, 6.45) is 1.87. The number of unbranched alkanes of at least 4 members (excludes halogenated alkanes) is 1. The minimum atomic E-state index is 0.561. The van der Waals surface area contributed by atoms with Crippen LogP contribution in [0.5, 0.6) is 0 Å². The summed E-state index contributed by atoms with van der Waals surface area (Å²) in [5.74, 6) is 0. The molecule has 0 amide bonds. The maximum Gasteiger partial charge on any atom is 0.130 e. The van der Waals surface area contributed by atoms with Crippen LogP contribution in [0.25, 0.3) is 0 Å². The maximum atomic E-state index is 6.15. The van der Waals surface area contributed by atoms with Crippen LogP contribution in [0.2, 0.25) is 0 Å². The number of rotatable bonds is 7. The lowest BCUT2D eigenvalue weighted by atomic mass is 10.2. The Balaban J connectivity index is 1.71. The van der Waals surface area contributed by atoms with E-state index in [9.17, 15) is 0 Å². The molecule has 114 valence electrons. The molecule has 0 saturated heterocycles. The second kappa shape index (κ2) is 9.39. The van der Waals surface area contributed by atoms with Gasteiger partial charge in [0.05, 0.1) is 0 Å². The van der Waals surface area contributed by atoms with Gasteiger partial charge in [0.2, 0.25) is 0 Å². The van der Waals surface area contributed by atoms with Crippen molar-refractivity contribution in [2.24, 2.45) is 9.98 Å². The van der Waals surface area contributed by atoms with E-state index in [2.05, 4.69) is 9.98 Å². The topological polar surface area (TPSA) is 24.7 Å². The monoisotopic (exact) mass is 332 g/mol. The molecule has 2 rings (SSSR count). The van der Waals surface area contributed by atoms with Crippen LogP contribution in [-0.4, -0.2) is 23.4 Å². The third-order valence-corrected chi connectivity index (χ3v) is 3.77. The molecule has 22 heavy (non-hydrogen) atoms. The molecule has 0 atom stereocenters. The molecular weight excluding hydrogens is 315 g/mol. The van der Waals surface area contributed by atoms with E-state index in [1.165, 1.54) is 0 Å². The van der Waals surface area contributed by atoms with Crippen LogP contribution in [0.1, 0.15) is 24.0 Å². The zero-order valence-corrected chi connectivity index (χ0v) is 13.8. The van der Waals surface area contributed by atoms with Crippen LogP contribution < -0.4 is 0 Å². The van der Waals surface area contributed by atoms with Gasteiger partial charge < -0.3 is 0 Å². The van der Waals surface area contributed by atoms with E-state index >= 15 is 0 Å². The minimum Gasteiger partial charge on any atom is -0.273 e. The molecule has 0 heterocycles. The molecule has 2 nitrogen and oxygen atoms in total. The predicted octanol–water partition coefficient (Wildman–Crippen LogP) is 5.14. The van der Waals surface area contributed by atoms with E-state index < -0.39 is 0 Å². The summed E-state index contributed by atoms with van der Waals surface area (Å²) in [7, 11) is 0. The van der Waals surface area contributed by atoms with Crippen LogP contribution in [-0.2, 0) is 0 Å². The average molecular weight is 333 g/mol. The zero-order chi connectivity index (χ0) is 15.6. The Morgan fingerprint density at radius 2 is 1.00 bits per heavy atom. The highest BCUT2D eigenvalue weighted by Crippen LogP contribution is 2.07. The molecule has 2 aromatic rings. The largest absolute Gasteiger partial charge is 0.273 e. The second-order valence-corrected chi connectivity index (χ2v) is 5.50. The summed E-state index contributed by atoms with van der Waals surface area (Å²) in [5, 5.41) is 1.12. The van der Waals surface area contributed by atoms with E-state index in [1.807, 2.05) is 60.7 Å². The van der Waals surface area contributed by atoms with Crippen molar-refractivity contribution >= 4 is 33.5 Å². The van der Waals surface area contributed by atoms with Crippen molar-refractivity contribution in [1.29, 1.82) is 0 Å². The van der Waals surface area contributed by atoms with Crippen LogP contribution in [0.4, 0.5) is 0 Å². The van der Waals surface area contributed by atoms with Gasteiger partial charge >= 0.3 is 0 Å². The summed E-state index contributed by atoms with van der Waals surface area (Å²) in [4.78, 5) is 8.74. The highest BCUT2D eigenvalue weighted by Gasteiger charge is 1.98. The number of hydrogen-bond donors (Lipinski definition) is 0. The van der Waals surface area contributed by atoms with E-state index in [4.69, 9.17) is 23.2 Å². The molecule has 0 aliphatic rings. The lowest BCUT2D eigenvalue weighted by molar-refractivity contribution is 0.759. The fourth-order valence-corrected chi connectivity index (χ4v) is 2.33. The molecular formula is C18H18Cl2N2. The van der Waals surface area contributed by atoms with Gasteiger partial charge in [-0.3, -0.25) is 9.98 Å². The SMILES string of the molecule is Cl/C(=N\CCCC/N=C(\Cl)c1ccccc1)c1ccccc1. The smallest absolute Gasteiger partial charge is 0.130 e. The normalized spacial score (nSPS) is 12.5. The third kappa shape index (κ3) is 5.63. The predicted molar refractivity (Wildman–Crippen MR) is 96.6 cm³/mol. The Morgan fingerprint density at radius 3 is 1.36 bits per heavy atom. The van der Waals surface area contributed by atoms with E-state index in [0.717, 1.165) is 24.0 Å². The number of hydrogen-bond acceptors (Lipinski definition) is 2. The van der Waals surface area contributed by atoms with Gasteiger partial charge in [-0.05, 0) is 12.8 Å². The summed E-state index contributed by atoms with van der Waals surface area (Å²) >= 11 is 12.3. The number of nitrogens with zero attached hydrogens (tertiary/aromatic N) is 2. The summed E-state index contributed by atoms with van der Waals surface area (Å²) in [6.45, 7) is 1.40. The number of halogens is 2. The van der Waals surface area contributed by atoms with Gasteiger partial charge in [0.15, 0.2) is 0 Å². The maximum absolute atomic E-state index is 6.15. The Kier molecular flexibility index (Phi) is 7.14. The molecule has 0 spiro atoms. The lowest BCUT2D eigenvalue weighted by Crippen LogP contribution is -1.95. The van der Waals surface area contributed by atoms with Crippen molar-refractivity contribution in [2.75, 3.05) is 13.1 Å². The molecule has 0 aromatic heterocycles. The van der Waals surface area contributed by atoms with Crippen molar-refractivity contribution in [3.63, 3.8) is 0 Å². The minimum absolute atomic E-state index is 0.561. The first kappa shape index (κ1) is 16.7. The van der Waals surface area contributed by atoms with E-state index in [1.54, 1.807) is 0 Å². The third-order valence-electron chi connectivity index (χ3n) is 3.09. The molecule has 0 N–H and O–H groups in total. The van der Waals surface area contributed by atoms with Crippen molar-refractivity contribution in [3.05, 3.63) is 71.8 Å². The van der Waals surface area contributed by atoms with Gasteiger partial charge in [-0.1, -0.05) is 83.9 Å². The molecule has 0 radical (unpaired) electrons. The first-order valence-electron chi connectivity index (χ1n) is 7.28. The Labute approximate surface area is 141 Å². The average Bonchev–Trinajstić information content (AvgIpc) is 2.59. The standard InChI is InChI=1S/C18H18Cl2N2/c19-17(15-9-3-1-4-10-15)21-13-7-8-14-22-18(20)16-11-5-2-6-12-16/h1-6,9-12H,7-8,13-14H2/b21-17-,22-18-. The Bertz CT molecular complexity index is 565. The van der Waals surface area contributed by atoms with Gasteiger partial charge in [0, 0.05) is 24.2 Å². The van der Waals surface area contributed by atoms with Gasteiger partial charge in [-0.2, -0.15) is 0 Å². The van der Waals surface area contributed by atoms with Gasteiger partial charge in [0.1, 0.15) is 10.3 Å². The molecule has 0 aliphatic carbocycles. The highest BCUT2D eigenvalue weighted by atomic mass is 35.5. The van der Waals surface area contributed by atoms with E-state index in [0.29, 0.717) is 23.4 Å². The molecule has 0 fully saturated rings. The first-order chi connectivity index (χ1) is 10.8. The highest BCUT2D eigenvalue weighted by molar-refractivity contribution is 6.69. The Hall–Kier alpha value is -1.64. The van der Waals surface area contributed by atoms with Crippen molar-refractivity contribution in [3.8, 4) is 0 Å². The van der Waals surface area contributed by atoms with Crippen molar-refractivity contribution in [1.82, 2.24) is 0 Å². The molecule has 0 saturated carbocycles. The summed E-state index contributed by atoms with van der Waals surface area (Å²) in [6, 6.07) is 19.5. The fraction of sp³-hybridized carbons (Fsp3) is 0.222. The number of aliphatic imine (C=N–C) groups is 2. The second-order valence-electron chi connectivity index (χ2n) is 4.78. The van der Waals surface area contributed by atoms with Gasteiger partial charge in [-0.25, -0.2) is 0 Å². The zero-order valence-electron chi connectivity index (χ0n) is 12.3. The summed E-state index contributed by atoms with van der Waals surface area (Å²) in [5.41, 5.74) is 1.91. The molecule has 0 aliphatic heterocycles. The first-order valence-corrected chi connectivity index (χ1v) is 8.03. The Morgan fingerprint density at radius 1 is 0.636 bits per heavy atom. The molecule has 0 bridgehead atoms. The fourth-order valence-electron chi connectivity index (χ4n) is 1.91. The van der Waals surface area contributed by atoms with Crippen molar-refractivity contribution < 1.29 is 0 Å². The van der Waals surface area contributed by atoms with Crippen LogP contribution in [0.3, 0.4) is 0 Å². The molecule has 4 heteroatoms. The van der Waals surface area contributed by atoms with Gasteiger partial charge in [0.25, 0.3) is 0 Å². The van der Waals surface area contributed by atoms with Gasteiger partial charge in [-0.15, -0.1) is 0 Å². The molecule has 0 unspecified atom stereocenters. The van der Waals surface area contributed by atoms with Crippen LogP contribution in [0.15, 0.2) is 70.6 Å². The quantitative estimate of drug-likeness (QED) is 0.495. The van der Waals surface area contributed by atoms with Crippen LogP contribution in [0, 0.1) is 0 Å². The number of benzene rings is 2. The van der Waals surface area contributed by atoms with Crippen LogP contribution >= 0.6 is 23.2 Å². The van der Waals surface area contributed by atoms with E-state index in [-0.39, 0.29) is 0 Å². The lowest BCUT2D eigenvalue weighted by Gasteiger charge is -2.00. The summed E-state index contributed by atoms with van der Waals surface area (Å²) < 4.78 is 0.